The van der Waals surface area contributed by atoms with E-state index in [4.69, 9.17) is 4.84 Å². The highest BCUT2D eigenvalue weighted by Crippen LogP contribution is 2.20. The molecule has 4 nitrogen and oxygen atoms in total. The molecular formula is C11H12NO3S-. The Balaban J connectivity index is 2.44. The van der Waals surface area contributed by atoms with E-state index in [1.165, 1.54) is 0 Å². The van der Waals surface area contributed by atoms with Crippen LogP contribution in [0.3, 0.4) is 0 Å². The lowest BCUT2D eigenvalue weighted by atomic mass is 9.97. The second kappa shape index (κ2) is 4.76. The number of hydrogen-bond acceptors (Lipinski definition) is 4. The van der Waals surface area contributed by atoms with E-state index in [-0.39, 0.29) is 5.75 Å². The van der Waals surface area contributed by atoms with Crippen molar-refractivity contribution in [2.45, 2.75) is 19.1 Å². The van der Waals surface area contributed by atoms with Gasteiger partial charge < -0.3 is 9.39 Å². The zero-order valence-electron chi connectivity index (χ0n) is 8.93. The molecule has 86 valence electrons. The van der Waals surface area contributed by atoms with E-state index in [0.717, 1.165) is 28.8 Å². The predicted molar refractivity (Wildman–Crippen MR) is 60.9 cm³/mol. The van der Waals surface area contributed by atoms with Gasteiger partial charge in [-0.05, 0) is 18.1 Å². The first-order valence-corrected chi connectivity index (χ1v) is 6.26. The third-order valence-electron chi connectivity index (χ3n) is 2.53. The van der Waals surface area contributed by atoms with Crippen molar-refractivity contribution in [1.29, 1.82) is 0 Å². The molecule has 1 aromatic rings. The Labute approximate surface area is 96.6 Å². The smallest absolute Gasteiger partial charge is 0.122 e. The van der Waals surface area contributed by atoms with E-state index in [2.05, 4.69) is 5.16 Å². The zero-order valence-corrected chi connectivity index (χ0v) is 9.75. The predicted octanol–water partition coefficient (Wildman–Crippen LogP) is 1.50. The molecule has 0 N–H and O–H groups in total. The molecular weight excluding hydrogens is 226 g/mol. The summed E-state index contributed by atoms with van der Waals surface area (Å²) in [4.78, 5) is 4.96. The standard InChI is InChI=1S/C11H13NO3S/c1-8-3-2-4-9(7-16(13)14)11(8)10-5-6-15-12-10/h2-4H,5-7H2,1H3,(H,13,14)/p-1. The number of oxime groups is 1. The normalized spacial score (nSPS) is 16.8. The molecule has 0 spiro atoms. The van der Waals surface area contributed by atoms with Crippen LogP contribution in [0.2, 0.25) is 0 Å². The quantitative estimate of drug-likeness (QED) is 0.750. The number of hydrogen-bond donors (Lipinski definition) is 0. The van der Waals surface area contributed by atoms with Crippen LogP contribution in [0.4, 0.5) is 0 Å². The summed E-state index contributed by atoms with van der Waals surface area (Å²) < 4.78 is 21.6. The van der Waals surface area contributed by atoms with Crippen molar-refractivity contribution in [1.82, 2.24) is 0 Å². The Bertz CT molecular complexity index is 457. The molecule has 16 heavy (non-hydrogen) atoms. The molecule has 1 atom stereocenters. The topological polar surface area (TPSA) is 61.7 Å². The van der Waals surface area contributed by atoms with Crippen molar-refractivity contribution in [2.24, 2.45) is 5.16 Å². The van der Waals surface area contributed by atoms with Gasteiger partial charge >= 0.3 is 0 Å². The van der Waals surface area contributed by atoms with E-state index in [0.29, 0.717) is 6.61 Å². The Morgan fingerprint density at radius 1 is 1.56 bits per heavy atom. The SMILES string of the molecule is Cc1cccc(CS(=O)[O-])c1C1=NOCC1. The summed E-state index contributed by atoms with van der Waals surface area (Å²) in [6, 6.07) is 5.63. The minimum Gasteiger partial charge on any atom is -0.772 e. The van der Waals surface area contributed by atoms with Gasteiger partial charge in [0.05, 0.1) is 5.71 Å². The number of benzene rings is 1. The molecule has 1 aliphatic heterocycles. The van der Waals surface area contributed by atoms with Gasteiger partial charge in [-0.2, -0.15) is 0 Å². The maximum Gasteiger partial charge on any atom is 0.122 e. The molecule has 0 radical (unpaired) electrons. The number of aryl methyl sites for hydroxylation is 1. The summed E-state index contributed by atoms with van der Waals surface area (Å²) >= 11 is -2.08. The van der Waals surface area contributed by atoms with E-state index in [9.17, 15) is 8.76 Å². The van der Waals surface area contributed by atoms with Gasteiger partial charge in [-0.1, -0.05) is 34.4 Å². The lowest BCUT2D eigenvalue weighted by Gasteiger charge is -2.12. The van der Waals surface area contributed by atoms with Crippen LogP contribution < -0.4 is 0 Å². The lowest BCUT2D eigenvalue weighted by molar-refractivity contribution is 0.174. The summed E-state index contributed by atoms with van der Waals surface area (Å²) in [6.45, 7) is 2.52. The molecule has 0 saturated carbocycles. The molecule has 0 amide bonds. The van der Waals surface area contributed by atoms with Gasteiger partial charge in [0, 0.05) is 17.7 Å². The Kier molecular flexibility index (Phi) is 3.36. The maximum atomic E-state index is 10.8. The summed E-state index contributed by atoms with van der Waals surface area (Å²) in [5.74, 6) is 0.0238. The van der Waals surface area contributed by atoms with E-state index in [1.807, 2.05) is 25.1 Å². The van der Waals surface area contributed by atoms with E-state index >= 15 is 0 Å². The van der Waals surface area contributed by atoms with Crippen LogP contribution in [-0.4, -0.2) is 21.1 Å². The second-order valence-electron chi connectivity index (χ2n) is 3.68. The van der Waals surface area contributed by atoms with Gasteiger partial charge in [0.2, 0.25) is 0 Å². The van der Waals surface area contributed by atoms with Crippen molar-refractivity contribution in [3.8, 4) is 0 Å². The van der Waals surface area contributed by atoms with Crippen LogP contribution >= 0.6 is 0 Å². The minimum atomic E-state index is -2.08. The molecule has 1 aromatic carbocycles. The van der Waals surface area contributed by atoms with Crippen LogP contribution in [0.15, 0.2) is 23.4 Å². The van der Waals surface area contributed by atoms with Gasteiger partial charge in [0.15, 0.2) is 0 Å². The molecule has 0 saturated heterocycles. The Morgan fingerprint density at radius 2 is 2.38 bits per heavy atom. The van der Waals surface area contributed by atoms with Crippen LogP contribution in [-0.2, 0) is 21.7 Å². The molecule has 0 aliphatic carbocycles. The number of nitrogens with zero attached hydrogens (tertiary/aromatic N) is 1. The summed E-state index contributed by atoms with van der Waals surface area (Å²) in [7, 11) is 0. The van der Waals surface area contributed by atoms with Crippen LogP contribution in [0.5, 0.6) is 0 Å². The molecule has 5 heteroatoms. The highest BCUT2D eigenvalue weighted by Gasteiger charge is 2.16. The third-order valence-corrected chi connectivity index (χ3v) is 3.07. The average Bonchev–Trinajstić information content (AvgIpc) is 2.69. The molecule has 2 rings (SSSR count). The molecule has 0 bridgehead atoms. The summed E-state index contributed by atoms with van der Waals surface area (Å²) in [6.07, 6.45) is 0.739. The van der Waals surface area contributed by atoms with Crippen molar-refractivity contribution in [3.05, 3.63) is 34.9 Å². The van der Waals surface area contributed by atoms with E-state index < -0.39 is 11.1 Å². The molecule has 0 fully saturated rings. The largest absolute Gasteiger partial charge is 0.772 e. The highest BCUT2D eigenvalue weighted by molar-refractivity contribution is 7.78. The average molecular weight is 238 g/mol. The first kappa shape index (κ1) is 11.3. The van der Waals surface area contributed by atoms with Gasteiger partial charge in [-0.15, -0.1) is 0 Å². The van der Waals surface area contributed by atoms with Crippen molar-refractivity contribution >= 4 is 16.8 Å². The van der Waals surface area contributed by atoms with Gasteiger partial charge in [0.25, 0.3) is 0 Å². The van der Waals surface area contributed by atoms with E-state index in [1.54, 1.807) is 0 Å². The minimum absolute atomic E-state index is 0.0238. The number of rotatable bonds is 3. The molecule has 0 aromatic heterocycles. The monoisotopic (exact) mass is 238 g/mol. The lowest BCUT2D eigenvalue weighted by Crippen LogP contribution is -2.07. The summed E-state index contributed by atoms with van der Waals surface area (Å²) in [5, 5.41) is 3.95. The van der Waals surface area contributed by atoms with Crippen LogP contribution in [0.1, 0.15) is 23.1 Å². The first-order chi connectivity index (χ1) is 7.68. The summed E-state index contributed by atoms with van der Waals surface area (Å²) in [5.41, 5.74) is 3.59. The second-order valence-corrected chi connectivity index (χ2v) is 4.57. The maximum absolute atomic E-state index is 10.8. The fraction of sp³-hybridized carbons (Fsp3) is 0.364. The van der Waals surface area contributed by atoms with Crippen LogP contribution in [0.25, 0.3) is 0 Å². The zero-order chi connectivity index (χ0) is 11.5. The van der Waals surface area contributed by atoms with Gasteiger partial charge in [-0.25, -0.2) is 0 Å². The van der Waals surface area contributed by atoms with Gasteiger partial charge in [0.1, 0.15) is 6.61 Å². The molecule has 1 aliphatic rings. The first-order valence-electron chi connectivity index (χ1n) is 5.02. The van der Waals surface area contributed by atoms with Crippen molar-refractivity contribution < 1.29 is 13.6 Å². The Morgan fingerprint density at radius 3 is 3.00 bits per heavy atom. The molecule has 1 heterocycles. The van der Waals surface area contributed by atoms with Crippen LogP contribution in [0, 0.1) is 6.92 Å². The Hall–Kier alpha value is -1.20. The molecule has 1 unspecified atom stereocenters. The van der Waals surface area contributed by atoms with Crippen molar-refractivity contribution in [2.75, 3.05) is 6.61 Å². The third kappa shape index (κ3) is 2.31. The van der Waals surface area contributed by atoms with Gasteiger partial charge in [-0.3, -0.25) is 4.21 Å². The highest BCUT2D eigenvalue weighted by atomic mass is 32.2. The fourth-order valence-electron chi connectivity index (χ4n) is 1.87. The van der Waals surface area contributed by atoms with Crippen molar-refractivity contribution in [3.63, 3.8) is 0 Å². The fourth-order valence-corrected chi connectivity index (χ4v) is 2.37.